The molecule has 2 heterocycles. The average molecular weight is 531 g/mol. The van der Waals surface area contributed by atoms with Crippen molar-refractivity contribution in [2.24, 2.45) is 5.14 Å². The third kappa shape index (κ3) is 4.21. The first-order chi connectivity index (χ1) is 14.6. The zero-order valence-electron chi connectivity index (χ0n) is 16.6. The van der Waals surface area contributed by atoms with Crippen LogP contribution in [-0.2, 0) is 11.4 Å². The molecule has 2 atom stereocenters. The van der Waals surface area contributed by atoms with Crippen LogP contribution in [0, 0.1) is 0 Å². The van der Waals surface area contributed by atoms with Crippen molar-refractivity contribution in [2.45, 2.75) is 37.7 Å². The first kappa shape index (κ1) is 22.5. The van der Waals surface area contributed by atoms with Crippen LogP contribution in [-0.4, -0.2) is 25.5 Å². The highest BCUT2D eigenvalue weighted by Crippen LogP contribution is 2.48. The normalized spacial score (nSPS) is 18.7. The number of hydrogen-bond donors (Lipinski definition) is 1. The summed E-state index contributed by atoms with van der Waals surface area (Å²) in [6.45, 7) is 0.588. The van der Waals surface area contributed by atoms with E-state index in [1.165, 1.54) is 6.07 Å². The Hall–Kier alpha value is -1.65. The second-order valence-corrected chi connectivity index (χ2v) is 10.7. The Morgan fingerprint density at radius 1 is 1.39 bits per heavy atom. The summed E-state index contributed by atoms with van der Waals surface area (Å²) in [7, 11) is 0. The fraction of sp³-hybridized carbons (Fsp3) is 0.286. The summed E-state index contributed by atoms with van der Waals surface area (Å²) in [5.74, 6) is 0.728. The van der Waals surface area contributed by atoms with Crippen LogP contribution in [0.3, 0.4) is 0 Å². The summed E-state index contributed by atoms with van der Waals surface area (Å²) < 4.78 is 44.9. The van der Waals surface area contributed by atoms with E-state index in [0.717, 1.165) is 11.1 Å². The quantitative estimate of drug-likeness (QED) is 0.421. The van der Waals surface area contributed by atoms with Crippen molar-refractivity contribution in [3.05, 3.63) is 63.4 Å². The maximum atomic E-state index is 13.1. The summed E-state index contributed by atoms with van der Waals surface area (Å²) in [4.78, 5) is 4.75. The zero-order chi connectivity index (χ0) is 22.5. The first-order valence-electron chi connectivity index (χ1n) is 9.37. The van der Waals surface area contributed by atoms with Gasteiger partial charge in [-0.05, 0) is 55.8 Å². The van der Waals surface area contributed by atoms with Crippen LogP contribution in [0.2, 0.25) is 5.02 Å². The average Bonchev–Trinajstić information content (AvgIpc) is 3.19. The molecule has 31 heavy (non-hydrogen) atoms. The van der Waals surface area contributed by atoms with E-state index in [4.69, 9.17) is 26.5 Å². The summed E-state index contributed by atoms with van der Waals surface area (Å²) in [6.07, 6.45) is 2.28. The molecule has 2 aromatic carbocycles. The van der Waals surface area contributed by atoms with Gasteiger partial charge in [0.15, 0.2) is 4.75 Å². The smallest absolute Gasteiger partial charge is 0.387 e. The largest absolute Gasteiger partial charge is 0.598 e. The zero-order valence-corrected chi connectivity index (χ0v) is 19.8. The number of nitrogens with two attached hydrogens (primary N) is 1. The Labute approximate surface area is 194 Å². The molecule has 5 nitrogen and oxygen atoms in total. The van der Waals surface area contributed by atoms with Crippen molar-refractivity contribution in [1.82, 2.24) is 9.55 Å². The molecule has 1 unspecified atom stereocenters. The number of alkyl halides is 2. The third-order valence-corrected chi connectivity index (χ3v) is 7.35. The molecule has 3 aromatic rings. The Kier molecular flexibility index (Phi) is 6.08. The number of ether oxygens (including phenoxy) is 1. The standard InChI is InChI=1S/C21H19BrClF2N3O2S/c1-21(2,31(26)29)10-11-8-16(18-13(22)4-3-5-17(18)30-20(24)25)28-15-9-12(23)6-7-14(15)27-19(11)28/h3-7,9-10,16,20H,8,26H2,1-2H3/b11-10+/t16-,31?/m1/s1. The van der Waals surface area contributed by atoms with Crippen molar-refractivity contribution in [2.75, 3.05) is 0 Å². The van der Waals surface area contributed by atoms with Gasteiger partial charge >= 0.3 is 6.61 Å². The Morgan fingerprint density at radius 3 is 2.81 bits per heavy atom. The molecule has 0 aliphatic carbocycles. The van der Waals surface area contributed by atoms with Crippen molar-refractivity contribution in [3.8, 4) is 5.75 Å². The number of halogens is 4. The molecule has 0 saturated carbocycles. The predicted octanol–water partition coefficient (Wildman–Crippen LogP) is 5.83. The molecule has 10 heteroatoms. The van der Waals surface area contributed by atoms with E-state index in [9.17, 15) is 13.3 Å². The van der Waals surface area contributed by atoms with Gasteiger partial charge in [-0.15, -0.1) is 0 Å². The molecule has 0 radical (unpaired) electrons. The highest BCUT2D eigenvalue weighted by molar-refractivity contribution is 9.10. The van der Waals surface area contributed by atoms with E-state index in [1.54, 1.807) is 44.2 Å². The van der Waals surface area contributed by atoms with Gasteiger partial charge in [0.2, 0.25) is 0 Å². The number of hydrogen-bond acceptors (Lipinski definition) is 4. The van der Waals surface area contributed by atoms with Gasteiger partial charge in [-0.1, -0.05) is 33.6 Å². The monoisotopic (exact) mass is 529 g/mol. The van der Waals surface area contributed by atoms with E-state index in [0.29, 0.717) is 32.8 Å². The van der Waals surface area contributed by atoms with Crippen LogP contribution in [0.25, 0.3) is 16.6 Å². The summed E-state index contributed by atoms with van der Waals surface area (Å²) in [5.41, 5.74) is 2.87. The van der Waals surface area contributed by atoms with Gasteiger partial charge in [0.05, 0.1) is 17.1 Å². The number of rotatable bonds is 5. The van der Waals surface area contributed by atoms with Gasteiger partial charge in [0.1, 0.15) is 11.6 Å². The minimum Gasteiger partial charge on any atom is -0.598 e. The lowest BCUT2D eigenvalue weighted by Gasteiger charge is -2.21. The van der Waals surface area contributed by atoms with E-state index in [2.05, 4.69) is 15.9 Å². The third-order valence-electron chi connectivity index (χ3n) is 5.27. The SMILES string of the molecule is CC(C)(/C=C1\C[C@H](c2c(Br)cccc2OC(F)F)n2c1nc1ccc(Cl)cc12)[S+](N)[O-]. The highest BCUT2D eigenvalue weighted by atomic mass is 79.9. The molecule has 2 N–H and O–H groups in total. The van der Waals surface area contributed by atoms with Crippen molar-refractivity contribution in [3.63, 3.8) is 0 Å². The second-order valence-electron chi connectivity index (χ2n) is 7.76. The molecular weight excluding hydrogens is 512 g/mol. The van der Waals surface area contributed by atoms with Crippen LogP contribution in [0.15, 0.2) is 46.9 Å². The molecule has 0 bridgehead atoms. The van der Waals surface area contributed by atoms with Gasteiger partial charge < -0.3 is 13.9 Å². The minimum atomic E-state index is -2.96. The number of allylic oxidation sites excluding steroid dienone is 1. The van der Waals surface area contributed by atoms with Crippen LogP contribution in [0.5, 0.6) is 5.75 Å². The molecule has 1 aliphatic rings. The van der Waals surface area contributed by atoms with E-state index in [-0.39, 0.29) is 5.75 Å². The summed E-state index contributed by atoms with van der Waals surface area (Å²) in [6, 6.07) is 9.88. The van der Waals surface area contributed by atoms with Crippen LogP contribution in [0.4, 0.5) is 8.78 Å². The molecule has 1 aliphatic heterocycles. The molecule has 0 spiro atoms. The van der Waals surface area contributed by atoms with E-state index in [1.807, 2.05) is 10.6 Å². The number of nitrogens with zero attached hydrogens (tertiary/aromatic N) is 2. The van der Waals surface area contributed by atoms with Gasteiger partial charge in [0, 0.05) is 32.8 Å². The van der Waals surface area contributed by atoms with E-state index < -0.39 is 28.8 Å². The van der Waals surface area contributed by atoms with Crippen LogP contribution >= 0.6 is 27.5 Å². The minimum absolute atomic E-state index is 0.0760. The molecule has 0 saturated heterocycles. The maximum absolute atomic E-state index is 13.1. The lowest BCUT2D eigenvalue weighted by molar-refractivity contribution is -0.0507. The molecule has 0 fully saturated rings. The summed E-state index contributed by atoms with van der Waals surface area (Å²) >= 11 is 8.13. The van der Waals surface area contributed by atoms with Crippen molar-refractivity contribution < 1.29 is 18.1 Å². The molecule has 1 aromatic heterocycles. The lowest BCUT2D eigenvalue weighted by atomic mass is 9.99. The number of fused-ring (bicyclic) bond motifs is 3. The second kappa shape index (κ2) is 8.37. The first-order valence-corrected chi connectivity index (χ1v) is 11.8. The summed E-state index contributed by atoms with van der Waals surface area (Å²) in [5, 5.41) is 6.22. The molecule has 0 amide bonds. The number of imidazole rings is 1. The Bertz CT molecular complexity index is 1180. The van der Waals surface area contributed by atoms with Crippen molar-refractivity contribution >= 4 is 55.5 Å². The fourth-order valence-electron chi connectivity index (χ4n) is 3.87. The Balaban J connectivity index is 1.96. The topological polar surface area (TPSA) is 76.1 Å². The Morgan fingerprint density at radius 2 is 2.13 bits per heavy atom. The van der Waals surface area contributed by atoms with Gasteiger partial charge in [-0.2, -0.15) is 13.9 Å². The predicted molar refractivity (Wildman–Crippen MR) is 123 cm³/mol. The van der Waals surface area contributed by atoms with Gasteiger partial charge in [-0.3, -0.25) is 0 Å². The molecule has 4 rings (SSSR count). The lowest BCUT2D eigenvalue weighted by Crippen LogP contribution is -2.36. The number of benzene rings is 2. The van der Waals surface area contributed by atoms with Crippen LogP contribution < -0.4 is 9.88 Å². The molecular formula is C21H19BrClF2N3O2S. The highest BCUT2D eigenvalue weighted by Gasteiger charge is 2.37. The number of aromatic nitrogens is 2. The maximum Gasteiger partial charge on any atom is 0.387 e. The molecule has 164 valence electrons. The fourth-order valence-corrected chi connectivity index (χ4v) is 4.91. The van der Waals surface area contributed by atoms with Crippen molar-refractivity contribution in [1.29, 1.82) is 0 Å². The van der Waals surface area contributed by atoms with Gasteiger partial charge in [-0.25, -0.2) is 4.98 Å². The van der Waals surface area contributed by atoms with E-state index >= 15 is 0 Å². The van der Waals surface area contributed by atoms with Crippen LogP contribution in [0.1, 0.15) is 37.7 Å². The van der Waals surface area contributed by atoms with Gasteiger partial charge in [0.25, 0.3) is 0 Å².